The first-order valence-electron chi connectivity index (χ1n) is 6.36. The minimum absolute atomic E-state index is 0.00166. The summed E-state index contributed by atoms with van der Waals surface area (Å²) in [5, 5.41) is 13.0. The van der Waals surface area contributed by atoms with Crippen LogP contribution in [-0.4, -0.2) is 12.6 Å². The van der Waals surface area contributed by atoms with Gasteiger partial charge < -0.3 is 10.1 Å². The zero-order valence-electron chi connectivity index (χ0n) is 11.3. The average Bonchev–Trinajstić information content (AvgIpc) is 2.66. The van der Waals surface area contributed by atoms with Gasteiger partial charge in [0.25, 0.3) is 0 Å². The first-order valence-corrected chi connectivity index (χ1v) is 6.36. The fourth-order valence-electron chi connectivity index (χ4n) is 2.73. The van der Waals surface area contributed by atoms with Crippen molar-refractivity contribution in [2.24, 2.45) is 5.41 Å². The van der Waals surface area contributed by atoms with Crippen molar-refractivity contribution < 1.29 is 4.74 Å². The van der Waals surface area contributed by atoms with Crippen LogP contribution >= 0.6 is 0 Å². The Bertz CT molecular complexity index is 458. The normalized spacial score (nSPS) is 25.4. The SMILES string of the molecule is COc1ccc(NC2(C#N)CCCC2(C)C)cc1. The second-order valence-corrected chi connectivity index (χ2v) is 5.61. The first-order chi connectivity index (χ1) is 8.53. The summed E-state index contributed by atoms with van der Waals surface area (Å²) in [5.41, 5.74) is 0.524. The number of nitrogens with one attached hydrogen (secondary N) is 1. The molecule has 0 aromatic heterocycles. The lowest BCUT2D eigenvalue weighted by molar-refractivity contribution is 0.290. The van der Waals surface area contributed by atoms with Crippen molar-refractivity contribution in [3.63, 3.8) is 0 Å². The molecule has 1 aromatic carbocycles. The Hall–Kier alpha value is -1.69. The summed E-state index contributed by atoms with van der Waals surface area (Å²) < 4.78 is 5.14. The van der Waals surface area contributed by atoms with Gasteiger partial charge in [-0.25, -0.2) is 0 Å². The minimum atomic E-state index is -0.457. The van der Waals surface area contributed by atoms with E-state index in [0.29, 0.717) is 0 Å². The monoisotopic (exact) mass is 244 g/mol. The number of methoxy groups -OCH3 is 1. The zero-order chi connectivity index (χ0) is 13.2. The Balaban J connectivity index is 2.23. The molecular formula is C15H20N2O. The maximum atomic E-state index is 9.58. The Kier molecular flexibility index (Phi) is 3.21. The van der Waals surface area contributed by atoms with Gasteiger partial charge in [0, 0.05) is 11.1 Å². The van der Waals surface area contributed by atoms with E-state index in [1.165, 1.54) is 0 Å². The Morgan fingerprint density at radius 1 is 1.22 bits per heavy atom. The van der Waals surface area contributed by atoms with E-state index in [1.54, 1.807) is 7.11 Å². The lowest BCUT2D eigenvalue weighted by Crippen LogP contribution is -2.45. The number of hydrogen-bond donors (Lipinski definition) is 1. The second-order valence-electron chi connectivity index (χ2n) is 5.61. The van der Waals surface area contributed by atoms with Crippen molar-refractivity contribution in [1.82, 2.24) is 0 Å². The fourth-order valence-corrected chi connectivity index (χ4v) is 2.73. The van der Waals surface area contributed by atoms with Crippen molar-refractivity contribution in [3.8, 4) is 11.8 Å². The molecule has 1 unspecified atom stereocenters. The average molecular weight is 244 g/mol. The molecule has 2 rings (SSSR count). The highest BCUT2D eigenvalue weighted by Crippen LogP contribution is 2.47. The van der Waals surface area contributed by atoms with E-state index >= 15 is 0 Å². The van der Waals surface area contributed by atoms with Gasteiger partial charge in [0.2, 0.25) is 0 Å². The molecule has 1 aliphatic rings. The van der Waals surface area contributed by atoms with Crippen LogP contribution in [0, 0.1) is 16.7 Å². The van der Waals surface area contributed by atoms with Gasteiger partial charge in [0.1, 0.15) is 11.3 Å². The lowest BCUT2D eigenvalue weighted by atomic mass is 9.75. The molecule has 0 heterocycles. The second kappa shape index (κ2) is 4.53. The topological polar surface area (TPSA) is 45.0 Å². The minimum Gasteiger partial charge on any atom is -0.497 e. The van der Waals surface area contributed by atoms with Crippen LogP contribution in [0.4, 0.5) is 5.69 Å². The maximum Gasteiger partial charge on any atom is 0.130 e. The number of anilines is 1. The van der Waals surface area contributed by atoms with Crippen LogP contribution in [-0.2, 0) is 0 Å². The van der Waals surface area contributed by atoms with Gasteiger partial charge in [-0.1, -0.05) is 13.8 Å². The molecule has 3 nitrogen and oxygen atoms in total. The van der Waals surface area contributed by atoms with Gasteiger partial charge in [-0.05, 0) is 43.5 Å². The van der Waals surface area contributed by atoms with E-state index in [-0.39, 0.29) is 5.41 Å². The van der Waals surface area contributed by atoms with Gasteiger partial charge >= 0.3 is 0 Å². The standard InChI is InChI=1S/C15H20N2O/c1-14(2)9-4-10-15(14,11-16)17-12-5-7-13(18-3)8-6-12/h5-8,17H,4,9-10H2,1-3H3. The van der Waals surface area contributed by atoms with Gasteiger partial charge in [-0.15, -0.1) is 0 Å². The van der Waals surface area contributed by atoms with Crippen LogP contribution in [0.5, 0.6) is 5.75 Å². The molecule has 0 bridgehead atoms. The van der Waals surface area contributed by atoms with E-state index in [9.17, 15) is 5.26 Å². The highest BCUT2D eigenvalue weighted by atomic mass is 16.5. The predicted molar refractivity (Wildman–Crippen MR) is 72.6 cm³/mol. The Labute approximate surface area is 109 Å². The summed E-state index contributed by atoms with van der Waals surface area (Å²) in [6.07, 6.45) is 3.09. The number of benzene rings is 1. The summed E-state index contributed by atoms with van der Waals surface area (Å²) in [4.78, 5) is 0. The molecule has 0 aliphatic heterocycles. The van der Waals surface area contributed by atoms with Gasteiger partial charge in [-0.3, -0.25) is 0 Å². The summed E-state index contributed by atoms with van der Waals surface area (Å²) >= 11 is 0. The van der Waals surface area contributed by atoms with Crippen LogP contribution < -0.4 is 10.1 Å². The van der Waals surface area contributed by atoms with E-state index in [4.69, 9.17) is 4.74 Å². The molecule has 1 fully saturated rings. The molecule has 0 spiro atoms. The summed E-state index contributed by atoms with van der Waals surface area (Å²) in [5.74, 6) is 0.831. The van der Waals surface area contributed by atoms with Crippen LogP contribution in [0.2, 0.25) is 0 Å². The summed E-state index contributed by atoms with van der Waals surface area (Å²) in [6.45, 7) is 4.33. The number of nitriles is 1. The van der Waals surface area contributed by atoms with Crippen LogP contribution in [0.3, 0.4) is 0 Å². The molecule has 0 amide bonds. The third kappa shape index (κ3) is 2.03. The Morgan fingerprint density at radius 3 is 2.33 bits per heavy atom. The smallest absolute Gasteiger partial charge is 0.130 e. The summed E-state index contributed by atoms with van der Waals surface area (Å²) in [6, 6.07) is 10.3. The zero-order valence-corrected chi connectivity index (χ0v) is 11.3. The number of rotatable bonds is 3. The molecule has 96 valence electrons. The molecule has 18 heavy (non-hydrogen) atoms. The molecule has 0 radical (unpaired) electrons. The molecule has 1 aromatic rings. The van der Waals surface area contributed by atoms with E-state index in [1.807, 2.05) is 24.3 Å². The molecular weight excluding hydrogens is 224 g/mol. The van der Waals surface area contributed by atoms with E-state index in [2.05, 4.69) is 25.2 Å². The van der Waals surface area contributed by atoms with Gasteiger partial charge in [0.15, 0.2) is 0 Å². The Morgan fingerprint density at radius 2 is 1.89 bits per heavy atom. The predicted octanol–water partition coefficient (Wildman–Crippen LogP) is 3.58. The van der Waals surface area contributed by atoms with Crippen molar-refractivity contribution in [2.75, 3.05) is 12.4 Å². The molecule has 1 aliphatic carbocycles. The largest absolute Gasteiger partial charge is 0.497 e. The van der Waals surface area contributed by atoms with E-state index in [0.717, 1.165) is 30.7 Å². The molecule has 0 saturated heterocycles. The highest BCUT2D eigenvalue weighted by molar-refractivity contribution is 5.51. The number of nitrogens with zero attached hydrogens (tertiary/aromatic N) is 1. The third-order valence-corrected chi connectivity index (χ3v) is 4.15. The van der Waals surface area contributed by atoms with Crippen molar-refractivity contribution in [2.45, 2.75) is 38.6 Å². The molecule has 1 N–H and O–H groups in total. The van der Waals surface area contributed by atoms with Crippen LogP contribution in [0.25, 0.3) is 0 Å². The number of ether oxygens (including phenoxy) is 1. The maximum absolute atomic E-state index is 9.58. The van der Waals surface area contributed by atoms with Crippen LogP contribution in [0.1, 0.15) is 33.1 Å². The van der Waals surface area contributed by atoms with Crippen molar-refractivity contribution in [1.29, 1.82) is 5.26 Å². The molecule has 3 heteroatoms. The van der Waals surface area contributed by atoms with E-state index < -0.39 is 5.54 Å². The van der Waals surface area contributed by atoms with Crippen LogP contribution in [0.15, 0.2) is 24.3 Å². The third-order valence-electron chi connectivity index (χ3n) is 4.15. The van der Waals surface area contributed by atoms with Crippen molar-refractivity contribution >= 4 is 5.69 Å². The highest BCUT2D eigenvalue weighted by Gasteiger charge is 2.49. The first kappa shape index (κ1) is 12.8. The number of hydrogen-bond acceptors (Lipinski definition) is 3. The molecule has 1 atom stereocenters. The van der Waals surface area contributed by atoms with Gasteiger partial charge in [0.05, 0.1) is 13.2 Å². The van der Waals surface area contributed by atoms with Crippen molar-refractivity contribution in [3.05, 3.63) is 24.3 Å². The van der Waals surface area contributed by atoms with Gasteiger partial charge in [-0.2, -0.15) is 5.26 Å². The lowest BCUT2D eigenvalue weighted by Gasteiger charge is -2.37. The fraction of sp³-hybridized carbons (Fsp3) is 0.533. The summed E-state index contributed by atoms with van der Waals surface area (Å²) in [7, 11) is 1.65. The molecule has 1 saturated carbocycles. The quantitative estimate of drug-likeness (QED) is 0.884.